The van der Waals surface area contributed by atoms with Gasteiger partial charge in [0.15, 0.2) is 0 Å². The van der Waals surface area contributed by atoms with Crippen molar-refractivity contribution in [2.45, 2.75) is 4.90 Å². The molecule has 0 fully saturated rings. The first kappa shape index (κ1) is 11.3. The van der Waals surface area contributed by atoms with Crippen LogP contribution in [0.25, 0.3) is 6.08 Å². The van der Waals surface area contributed by atoms with Gasteiger partial charge in [-0.15, -0.1) is 0 Å². The molecule has 1 aromatic rings. The van der Waals surface area contributed by atoms with E-state index in [2.05, 4.69) is 19.5 Å². The van der Waals surface area contributed by atoms with Crippen LogP contribution >= 0.6 is 25.0 Å². The summed E-state index contributed by atoms with van der Waals surface area (Å²) >= 11 is 3.28. The monoisotopic (exact) mass is 272 g/mol. The van der Waals surface area contributed by atoms with Gasteiger partial charge in [-0.25, -0.2) is 4.79 Å². The summed E-state index contributed by atoms with van der Waals surface area (Å²) in [6.45, 7) is 0. The summed E-state index contributed by atoms with van der Waals surface area (Å²) in [7, 11) is 2.86. The number of halogens is 1. The lowest BCUT2D eigenvalue weighted by Gasteiger charge is -1.95. The largest absolute Gasteiger partial charge is 0.466 e. The van der Waals surface area contributed by atoms with Gasteiger partial charge in [-0.05, 0) is 48.8 Å². The summed E-state index contributed by atoms with van der Waals surface area (Å²) in [5.74, 6) is -0.344. The molecule has 0 aliphatic rings. The summed E-state index contributed by atoms with van der Waals surface area (Å²) in [5, 5.41) is 0. The standard InChI is InChI=1S/C10H9BrO2S/c1-13-10(12)7-4-8-2-5-9(14-11)6-3-8/h2-7H,1H3/b7-4+. The molecule has 2 nitrogen and oxygen atoms in total. The lowest BCUT2D eigenvalue weighted by Crippen LogP contribution is -1.93. The highest BCUT2D eigenvalue weighted by atomic mass is 79.9. The van der Waals surface area contributed by atoms with Gasteiger partial charge < -0.3 is 4.74 Å². The van der Waals surface area contributed by atoms with Gasteiger partial charge in [0, 0.05) is 11.0 Å². The van der Waals surface area contributed by atoms with Crippen LogP contribution in [-0.2, 0) is 9.53 Å². The second-order valence-electron chi connectivity index (χ2n) is 2.50. The highest BCUT2D eigenvalue weighted by Crippen LogP contribution is 2.24. The van der Waals surface area contributed by atoms with Crippen molar-refractivity contribution < 1.29 is 9.53 Å². The van der Waals surface area contributed by atoms with Gasteiger partial charge in [0.2, 0.25) is 0 Å². The van der Waals surface area contributed by atoms with Crippen molar-refractivity contribution in [1.82, 2.24) is 0 Å². The molecule has 1 rings (SSSR count). The molecule has 0 bridgehead atoms. The van der Waals surface area contributed by atoms with Crippen LogP contribution in [0.2, 0.25) is 0 Å². The highest BCUT2D eigenvalue weighted by Gasteiger charge is 1.93. The first-order valence-electron chi connectivity index (χ1n) is 3.91. The molecule has 14 heavy (non-hydrogen) atoms. The number of carbonyl (C=O) groups is 1. The van der Waals surface area contributed by atoms with Crippen LogP contribution in [-0.4, -0.2) is 13.1 Å². The fourth-order valence-corrected chi connectivity index (χ4v) is 1.75. The molecule has 0 unspecified atom stereocenters. The number of carbonyl (C=O) groups excluding carboxylic acids is 1. The quantitative estimate of drug-likeness (QED) is 0.624. The summed E-state index contributed by atoms with van der Waals surface area (Å²) in [5.41, 5.74) is 0.973. The lowest BCUT2D eigenvalue weighted by atomic mass is 10.2. The maximum Gasteiger partial charge on any atom is 0.330 e. The highest BCUT2D eigenvalue weighted by molar-refractivity contribution is 9.50. The van der Waals surface area contributed by atoms with E-state index in [1.807, 2.05) is 24.3 Å². The molecule has 0 aliphatic carbocycles. The third-order valence-electron chi connectivity index (χ3n) is 1.58. The fraction of sp³-hybridized carbons (Fsp3) is 0.100. The molecule has 0 radical (unpaired) electrons. The van der Waals surface area contributed by atoms with Crippen LogP contribution in [0.3, 0.4) is 0 Å². The topological polar surface area (TPSA) is 26.3 Å². The molecule has 0 saturated carbocycles. The number of ether oxygens (including phenoxy) is 1. The predicted molar refractivity (Wildman–Crippen MR) is 62.3 cm³/mol. The zero-order valence-electron chi connectivity index (χ0n) is 7.57. The minimum absolute atomic E-state index is 0.344. The smallest absolute Gasteiger partial charge is 0.330 e. The van der Waals surface area contributed by atoms with Gasteiger partial charge in [-0.3, -0.25) is 0 Å². The van der Waals surface area contributed by atoms with Gasteiger partial charge >= 0.3 is 5.97 Å². The van der Waals surface area contributed by atoms with E-state index in [4.69, 9.17) is 0 Å². The molecular weight excluding hydrogens is 264 g/mol. The van der Waals surface area contributed by atoms with Crippen LogP contribution < -0.4 is 0 Å². The molecule has 0 spiro atoms. The van der Waals surface area contributed by atoms with Gasteiger partial charge in [-0.1, -0.05) is 12.1 Å². The average molecular weight is 273 g/mol. The Morgan fingerprint density at radius 3 is 2.57 bits per heavy atom. The summed E-state index contributed by atoms with van der Waals surface area (Å²) in [6.07, 6.45) is 3.12. The molecule has 0 aliphatic heterocycles. The Hall–Kier alpha value is -0.740. The Labute approximate surface area is 94.5 Å². The second kappa shape index (κ2) is 5.88. The second-order valence-corrected chi connectivity index (χ2v) is 4.10. The van der Waals surface area contributed by atoms with E-state index in [0.29, 0.717) is 0 Å². The zero-order chi connectivity index (χ0) is 10.4. The fourth-order valence-electron chi connectivity index (χ4n) is 0.863. The number of esters is 1. The molecule has 0 heterocycles. The Kier molecular flexibility index (Phi) is 4.76. The van der Waals surface area contributed by atoms with Crippen molar-refractivity contribution in [2.24, 2.45) is 0 Å². The minimum atomic E-state index is -0.344. The molecule has 4 heteroatoms. The summed E-state index contributed by atoms with van der Waals surface area (Å²) < 4.78 is 4.48. The van der Waals surface area contributed by atoms with Crippen molar-refractivity contribution >= 4 is 37.1 Å². The molecule has 0 atom stereocenters. The number of hydrogen-bond acceptors (Lipinski definition) is 3. The van der Waals surface area contributed by atoms with Crippen molar-refractivity contribution in [3.63, 3.8) is 0 Å². The Morgan fingerprint density at radius 2 is 2.07 bits per heavy atom. The Bertz CT molecular complexity index is 332. The van der Waals surface area contributed by atoms with E-state index in [-0.39, 0.29) is 5.97 Å². The third kappa shape index (κ3) is 3.55. The normalized spacial score (nSPS) is 10.4. The molecular formula is C10H9BrO2S. The van der Waals surface area contributed by atoms with Crippen molar-refractivity contribution in [3.8, 4) is 0 Å². The molecule has 0 aromatic heterocycles. The van der Waals surface area contributed by atoms with Crippen LogP contribution in [0.1, 0.15) is 5.56 Å². The van der Waals surface area contributed by atoms with E-state index < -0.39 is 0 Å². The van der Waals surface area contributed by atoms with E-state index >= 15 is 0 Å². The third-order valence-corrected chi connectivity index (χ3v) is 3.15. The van der Waals surface area contributed by atoms with E-state index in [0.717, 1.165) is 10.5 Å². The maximum atomic E-state index is 10.8. The lowest BCUT2D eigenvalue weighted by molar-refractivity contribution is -0.134. The first-order chi connectivity index (χ1) is 6.76. The number of methoxy groups -OCH3 is 1. The van der Waals surface area contributed by atoms with Crippen molar-refractivity contribution in [1.29, 1.82) is 0 Å². The summed E-state index contributed by atoms with van der Waals surface area (Å²) in [4.78, 5) is 11.9. The van der Waals surface area contributed by atoms with Gasteiger partial charge in [0.1, 0.15) is 0 Å². The number of rotatable bonds is 3. The Morgan fingerprint density at radius 1 is 1.43 bits per heavy atom. The van der Waals surface area contributed by atoms with Crippen LogP contribution in [0.5, 0.6) is 0 Å². The minimum Gasteiger partial charge on any atom is -0.466 e. The van der Waals surface area contributed by atoms with Crippen LogP contribution in [0.4, 0.5) is 0 Å². The maximum absolute atomic E-state index is 10.8. The van der Waals surface area contributed by atoms with Gasteiger partial charge in [0.25, 0.3) is 0 Å². The van der Waals surface area contributed by atoms with E-state index in [9.17, 15) is 4.79 Å². The average Bonchev–Trinajstić information content (AvgIpc) is 2.26. The molecule has 74 valence electrons. The van der Waals surface area contributed by atoms with Crippen molar-refractivity contribution in [2.75, 3.05) is 7.11 Å². The van der Waals surface area contributed by atoms with Gasteiger partial charge in [0.05, 0.1) is 7.11 Å². The van der Waals surface area contributed by atoms with Crippen LogP contribution in [0, 0.1) is 0 Å². The molecule has 0 N–H and O–H groups in total. The SMILES string of the molecule is COC(=O)/C=C/c1ccc(SBr)cc1. The molecule has 0 amide bonds. The van der Waals surface area contributed by atoms with E-state index in [1.165, 1.54) is 23.4 Å². The van der Waals surface area contributed by atoms with Crippen LogP contribution in [0.15, 0.2) is 35.2 Å². The number of benzene rings is 1. The predicted octanol–water partition coefficient (Wildman–Crippen LogP) is 3.27. The number of hydrogen-bond donors (Lipinski definition) is 0. The molecule has 1 aromatic carbocycles. The summed E-state index contributed by atoms with van der Waals surface area (Å²) in [6, 6.07) is 7.80. The Balaban J connectivity index is 2.68. The van der Waals surface area contributed by atoms with Crippen molar-refractivity contribution in [3.05, 3.63) is 35.9 Å². The molecule has 0 saturated heterocycles. The first-order valence-corrected chi connectivity index (χ1v) is 6.57. The van der Waals surface area contributed by atoms with Gasteiger partial charge in [-0.2, -0.15) is 0 Å². The zero-order valence-corrected chi connectivity index (χ0v) is 9.97. The van der Waals surface area contributed by atoms with E-state index in [1.54, 1.807) is 6.08 Å².